The summed E-state index contributed by atoms with van der Waals surface area (Å²) in [5.41, 5.74) is 1.94. The lowest BCUT2D eigenvalue weighted by Crippen LogP contribution is -2.15. The third-order valence-electron chi connectivity index (χ3n) is 2.49. The Balaban J connectivity index is 2.16. The molecule has 0 amide bonds. The second-order valence-electron chi connectivity index (χ2n) is 3.56. The lowest BCUT2D eigenvalue weighted by molar-refractivity contribution is 0.199. The molecule has 1 aliphatic carbocycles. The number of nitrogens with one attached hydrogen (secondary N) is 1. The molecule has 4 heteroatoms. The Hall–Kier alpha value is -0.860. The van der Waals surface area contributed by atoms with Gasteiger partial charge in [-0.3, -0.25) is 0 Å². The van der Waals surface area contributed by atoms with Gasteiger partial charge in [0.1, 0.15) is 5.76 Å². The Bertz CT molecular complexity index is 429. The summed E-state index contributed by atoms with van der Waals surface area (Å²) in [6.07, 6.45) is 1.99. The van der Waals surface area contributed by atoms with E-state index in [9.17, 15) is 0 Å². The summed E-state index contributed by atoms with van der Waals surface area (Å²) in [5.74, 6) is 1.03. The third-order valence-corrected chi connectivity index (χ3v) is 3.31. The number of rotatable bonds is 4. The maximum absolute atomic E-state index is 6.09. The average Bonchev–Trinajstić information content (AvgIpc) is 2.26. The molecule has 1 N–H and O–H groups in total. The van der Waals surface area contributed by atoms with Crippen LogP contribution >= 0.6 is 23.2 Å². The second kappa shape index (κ2) is 4.98. The molecule has 0 bridgehead atoms. The van der Waals surface area contributed by atoms with Crippen LogP contribution in [0.1, 0.15) is 19.8 Å². The molecule has 0 fully saturated rings. The van der Waals surface area contributed by atoms with Crippen LogP contribution in [-0.4, -0.2) is 6.61 Å². The van der Waals surface area contributed by atoms with Crippen LogP contribution in [0, 0.1) is 0 Å². The Morgan fingerprint density at radius 2 is 2.12 bits per heavy atom. The summed E-state index contributed by atoms with van der Waals surface area (Å²) in [5, 5.41) is 4.38. The number of halogens is 2. The molecular formula is C12H13Cl2NO. The van der Waals surface area contributed by atoms with Gasteiger partial charge in [-0.25, -0.2) is 0 Å². The van der Waals surface area contributed by atoms with E-state index < -0.39 is 0 Å². The molecule has 0 radical (unpaired) electrons. The molecule has 1 aliphatic rings. The molecule has 86 valence electrons. The van der Waals surface area contributed by atoms with Gasteiger partial charge in [-0.1, -0.05) is 29.3 Å². The fourth-order valence-corrected chi connectivity index (χ4v) is 1.93. The predicted molar refractivity (Wildman–Crippen MR) is 68.0 cm³/mol. The number of hydrogen-bond donors (Lipinski definition) is 1. The molecule has 0 unspecified atom stereocenters. The summed E-state index contributed by atoms with van der Waals surface area (Å²) in [6.45, 7) is 2.68. The predicted octanol–water partition coefficient (Wildman–Crippen LogP) is 4.45. The molecule has 0 spiro atoms. The van der Waals surface area contributed by atoms with Gasteiger partial charge in [0.15, 0.2) is 0 Å². The first-order valence-corrected chi connectivity index (χ1v) is 6.03. The first-order chi connectivity index (χ1) is 7.72. The highest BCUT2D eigenvalue weighted by Crippen LogP contribution is 2.35. The molecule has 0 heterocycles. The van der Waals surface area contributed by atoms with Crippen molar-refractivity contribution in [1.29, 1.82) is 0 Å². The fourth-order valence-electron chi connectivity index (χ4n) is 1.58. The lowest BCUT2D eigenvalue weighted by Gasteiger charge is -2.25. The van der Waals surface area contributed by atoms with E-state index in [2.05, 4.69) is 5.32 Å². The smallest absolute Gasteiger partial charge is 0.115 e. The third kappa shape index (κ3) is 2.28. The molecule has 0 atom stereocenters. The molecule has 16 heavy (non-hydrogen) atoms. The van der Waals surface area contributed by atoms with E-state index >= 15 is 0 Å². The van der Waals surface area contributed by atoms with Crippen LogP contribution in [-0.2, 0) is 4.74 Å². The first-order valence-electron chi connectivity index (χ1n) is 5.28. The van der Waals surface area contributed by atoms with Crippen LogP contribution in [0.25, 0.3) is 0 Å². The van der Waals surface area contributed by atoms with Crippen LogP contribution in [0.15, 0.2) is 29.7 Å². The van der Waals surface area contributed by atoms with Gasteiger partial charge in [-0.2, -0.15) is 0 Å². The van der Waals surface area contributed by atoms with Crippen LogP contribution in [0.5, 0.6) is 0 Å². The van der Waals surface area contributed by atoms with Gasteiger partial charge < -0.3 is 10.1 Å². The first kappa shape index (κ1) is 11.6. The van der Waals surface area contributed by atoms with Crippen molar-refractivity contribution in [2.24, 2.45) is 0 Å². The summed E-state index contributed by atoms with van der Waals surface area (Å²) in [7, 11) is 0. The Morgan fingerprint density at radius 3 is 2.75 bits per heavy atom. The van der Waals surface area contributed by atoms with Crippen molar-refractivity contribution < 1.29 is 4.74 Å². The second-order valence-corrected chi connectivity index (χ2v) is 4.35. The van der Waals surface area contributed by atoms with Crippen LogP contribution in [0.2, 0.25) is 10.0 Å². The summed E-state index contributed by atoms with van der Waals surface area (Å²) < 4.78 is 5.47. The van der Waals surface area contributed by atoms with Gasteiger partial charge in [0.05, 0.1) is 28.0 Å². The zero-order chi connectivity index (χ0) is 11.5. The number of ether oxygens (including phenoxy) is 1. The Kier molecular flexibility index (Phi) is 3.62. The maximum atomic E-state index is 6.09. The van der Waals surface area contributed by atoms with Crippen molar-refractivity contribution in [2.75, 3.05) is 11.9 Å². The van der Waals surface area contributed by atoms with Crippen molar-refractivity contribution in [2.45, 2.75) is 19.8 Å². The molecule has 1 aromatic carbocycles. The number of allylic oxidation sites excluding steroid dienone is 2. The maximum Gasteiger partial charge on any atom is 0.115 e. The van der Waals surface area contributed by atoms with E-state index in [1.165, 1.54) is 0 Å². The van der Waals surface area contributed by atoms with Crippen molar-refractivity contribution in [3.05, 3.63) is 39.7 Å². The summed E-state index contributed by atoms with van der Waals surface area (Å²) >= 11 is 12.0. The summed E-state index contributed by atoms with van der Waals surface area (Å²) in [6, 6.07) is 5.55. The van der Waals surface area contributed by atoms with E-state index in [0.717, 1.165) is 30.0 Å². The molecule has 2 rings (SSSR count). The van der Waals surface area contributed by atoms with Gasteiger partial charge in [-0.15, -0.1) is 0 Å². The van der Waals surface area contributed by atoms with Crippen LogP contribution in [0.4, 0.5) is 5.69 Å². The zero-order valence-corrected chi connectivity index (χ0v) is 10.5. The minimum absolute atomic E-state index is 0.555. The highest BCUT2D eigenvalue weighted by Gasteiger charge is 2.19. The highest BCUT2D eigenvalue weighted by atomic mass is 35.5. The van der Waals surface area contributed by atoms with E-state index in [0.29, 0.717) is 16.7 Å². The largest absolute Gasteiger partial charge is 0.496 e. The molecule has 0 saturated heterocycles. The Labute approximate surface area is 105 Å². The van der Waals surface area contributed by atoms with E-state index in [1.807, 2.05) is 19.1 Å². The number of anilines is 1. The summed E-state index contributed by atoms with van der Waals surface area (Å²) in [4.78, 5) is 0. The standard InChI is InChI=1S/C12H13Cl2NO/c1-2-16-11-7-6-9(11)15-10-5-3-4-8(13)12(10)14/h3-5,15H,2,6-7H2,1H3. The molecule has 0 aromatic heterocycles. The average molecular weight is 258 g/mol. The van der Waals surface area contributed by atoms with Crippen LogP contribution < -0.4 is 5.32 Å². The number of benzene rings is 1. The van der Waals surface area contributed by atoms with E-state index in [-0.39, 0.29) is 0 Å². The van der Waals surface area contributed by atoms with Crippen LogP contribution in [0.3, 0.4) is 0 Å². The normalized spacial score (nSPS) is 14.7. The minimum Gasteiger partial charge on any atom is -0.496 e. The topological polar surface area (TPSA) is 21.3 Å². The van der Waals surface area contributed by atoms with Gasteiger partial charge in [0, 0.05) is 6.42 Å². The highest BCUT2D eigenvalue weighted by molar-refractivity contribution is 6.43. The molecule has 2 nitrogen and oxygen atoms in total. The molecular weight excluding hydrogens is 245 g/mol. The molecule has 1 aromatic rings. The monoisotopic (exact) mass is 257 g/mol. The minimum atomic E-state index is 0.555. The van der Waals surface area contributed by atoms with E-state index in [1.54, 1.807) is 6.07 Å². The van der Waals surface area contributed by atoms with Gasteiger partial charge in [0.2, 0.25) is 0 Å². The quantitative estimate of drug-likeness (QED) is 0.861. The van der Waals surface area contributed by atoms with Crippen molar-refractivity contribution in [3.8, 4) is 0 Å². The van der Waals surface area contributed by atoms with E-state index in [4.69, 9.17) is 27.9 Å². The van der Waals surface area contributed by atoms with Gasteiger partial charge in [-0.05, 0) is 25.5 Å². The zero-order valence-electron chi connectivity index (χ0n) is 9.02. The van der Waals surface area contributed by atoms with Gasteiger partial charge >= 0.3 is 0 Å². The van der Waals surface area contributed by atoms with Crippen molar-refractivity contribution >= 4 is 28.9 Å². The Morgan fingerprint density at radius 1 is 1.31 bits per heavy atom. The molecule has 0 saturated carbocycles. The SMILES string of the molecule is CCOC1=C(Nc2cccc(Cl)c2Cl)CC1. The van der Waals surface area contributed by atoms with Crippen molar-refractivity contribution in [3.63, 3.8) is 0 Å². The van der Waals surface area contributed by atoms with Gasteiger partial charge in [0.25, 0.3) is 0 Å². The lowest BCUT2D eigenvalue weighted by atomic mass is 10.0. The molecule has 0 aliphatic heterocycles. The van der Waals surface area contributed by atoms with Crippen molar-refractivity contribution in [1.82, 2.24) is 0 Å². The fraction of sp³-hybridized carbons (Fsp3) is 0.333. The number of hydrogen-bond acceptors (Lipinski definition) is 2.